The molecular weight excluding hydrogens is 174 g/mol. The van der Waals surface area contributed by atoms with Crippen LogP contribution in [0.15, 0.2) is 21.9 Å². The molecule has 72 valence electrons. The van der Waals surface area contributed by atoms with Gasteiger partial charge in [0.15, 0.2) is 0 Å². The Balaban J connectivity index is 2.15. The summed E-state index contributed by atoms with van der Waals surface area (Å²) in [6.45, 7) is 0. The summed E-state index contributed by atoms with van der Waals surface area (Å²) in [6.07, 6.45) is 12.5. The molecule has 0 N–H and O–H groups in total. The second-order valence-electron chi connectivity index (χ2n) is 4.00. The van der Waals surface area contributed by atoms with Crippen molar-refractivity contribution in [2.75, 3.05) is 0 Å². The molecule has 1 aromatic heterocycles. The fourth-order valence-electron chi connectivity index (χ4n) is 2.47. The molecule has 1 aliphatic carbocycles. The van der Waals surface area contributed by atoms with Crippen LogP contribution in [0.5, 0.6) is 0 Å². The topological polar surface area (TPSA) is 25.5 Å². The summed E-state index contributed by atoms with van der Waals surface area (Å²) >= 11 is 0. The Bertz CT molecular complexity index is 400. The molecule has 2 heteroatoms. The molecule has 2 aliphatic rings. The smallest absolute Gasteiger partial charge is 0.107 e. The SMILES string of the molecule is C1=N/C=C\c2coc3c2C(C1)CCC3. The Morgan fingerprint density at radius 2 is 2.43 bits per heavy atom. The van der Waals surface area contributed by atoms with Gasteiger partial charge in [-0.25, -0.2) is 0 Å². The Kier molecular flexibility index (Phi) is 1.79. The number of rotatable bonds is 0. The number of hydrogen-bond acceptors (Lipinski definition) is 2. The van der Waals surface area contributed by atoms with Gasteiger partial charge < -0.3 is 4.42 Å². The third-order valence-corrected chi connectivity index (χ3v) is 3.14. The minimum atomic E-state index is 0.640. The van der Waals surface area contributed by atoms with E-state index < -0.39 is 0 Å². The maximum Gasteiger partial charge on any atom is 0.107 e. The summed E-state index contributed by atoms with van der Waals surface area (Å²) in [6, 6.07) is 0. The van der Waals surface area contributed by atoms with Gasteiger partial charge in [-0.15, -0.1) is 0 Å². The maximum atomic E-state index is 5.59. The lowest BCUT2D eigenvalue weighted by molar-refractivity contribution is 0.453. The molecule has 3 rings (SSSR count). The minimum absolute atomic E-state index is 0.640. The van der Waals surface area contributed by atoms with Crippen molar-refractivity contribution >= 4 is 12.3 Å². The fourth-order valence-corrected chi connectivity index (χ4v) is 2.47. The van der Waals surface area contributed by atoms with Crippen molar-refractivity contribution in [3.8, 4) is 0 Å². The second kappa shape index (κ2) is 3.12. The van der Waals surface area contributed by atoms with Gasteiger partial charge in [-0.2, -0.15) is 0 Å². The number of aliphatic imine (C=N–C) groups is 1. The number of aryl methyl sites for hydroxylation is 1. The van der Waals surface area contributed by atoms with E-state index in [0.717, 1.165) is 12.8 Å². The molecule has 2 nitrogen and oxygen atoms in total. The molecule has 1 unspecified atom stereocenters. The Morgan fingerprint density at radius 1 is 1.43 bits per heavy atom. The fraction of sp³-hybridized carbons (Fsp3) is 0.417. The molecule has 0 saturated carbocycles. The molecule has 0 bridgehead atoms. The average Bonchev–Trinajstić information content (AvgIpc) is 2.57. The number of furan rings is 1. The zero-order valence-electron chi connectivity index (χ0n) is 8.07. The second-order valence-corrected chi connectivity index (χ2v) is 4.00. The average molecular weight is 187 g/mol. The van der Waals surface area contributed by atoms with E-state index in [9.17, 15) is 0 Å². The van der Waals surface area contributed by atoms with Crippen LogP contribution in [0, 0.1) is 0 Å². The van der Waals surface area contributed by atoms with Crippen LogP contribution in [0.2, 0.25) is 0 Å². The van der Waals surface area contributed by atoms with Crippen LogP contribution < -0.4 is 0 Å². The zero-order chi connectivity index (χ0) is 9.38. The molecule has 0 saturated heterocycles. The van der Waals surface area contributed by atoms with Gasteiger partial charge in [-0.05, 0) is 31.3 Å². The Labute approximate surface area is 83.3 Å². The molecule has 0 amide bonds. The molecule has 0 spiro atoms. The van der Waals surface area contributed by atoms with Gasteiger partial charge in [-0.3, -0.25) is 4.99 Å². The summed E-state index contributed by atoms with van der Waals surface area (Å²) in [5, 5.41) is 0. The van der Waals surface area contributed by atoms with Crippen molar-refractivity contribution in [2.45, 2.75) is 31.6 Å². The van der Waals surface area contributed by atoms with Crippen LogP contribution in [0.3, 0.4) is 0 Å². The summed E-state index contributed by atoms with van der Waals surface area (Å²) in [4.78, 5) is 4.21. The predicted octanol–water partition coefficient (Wildman–Crippen LogP) is 3.14. The van der Waals surface area contributed by atoms with E-state index in [-0.39, 0.29) is 0 Å². The van der Waals surface area contributed by atoms with Crippen molar-refractivity contribution in [3.05, 3.63) is 29.4 Å². The molecule has 2 heterocycles. The first-order valence-corrected chi connectivity index (χ1v) is 5.23. The van der Waals surface area contributed by atoms with E-state index in [1.165, 1.54) is 29.7 Å². The first-order valence-electron chi connectivity index (χ1n) is 5.23. The summed E-state index contributed by atoms with van der Waals surface area (Å²) in [5.41, 5.74) is 2.68. The predicted molar refractivity (Wildman–Crippen MR) is 56.5 cm³/mol. The summed E-state index contributed by atoms with van der Waals surface area (Å²) in [5.74, 6) is 1.84. The zero-order valence-corrected chi connectivity index (χ0v) is 8.07. The molecule has 14 heavy (non-hydrogen) atoms. The van der Waals surface area contributed by atoms with E-state index in [0.29, 0.717) is 5.92 Å². The summed E-state index contributed by atoms with van der Waals surface area (Å²) in [7, 11) is 0. The normalized spacial score (nSPS) is 26.4. The lowest BCUT2D eigenvalue weighted by atomic mass is 9.83. The standard InChI is InChI=1S/C12H13NO/c1-2-9-4-6-13-7-5-10-8-14-11(3-1)12(9)10/h5-9H,1-4H2/b7-5-,13-6?. The molecular formula is C12H13NO. The first kappa shape index (κ1) is 8.04. The monoisotopic (exact) mass is 187 g/mol. The van der Waals surface area contributed by atoms with Crippen LogP contribution in [-0.4, -0.2) is 6.21 Å². The van der Waals surface area contributed by atoms with Gasteiger partial charge in [-0.1, -0.05) is 0 Å². The highest BCUT2D eigenvalue weighted by molar-refractivity contribution is 5.66. The molecule has 1 aromatic rings. The highest BCUT2D eigenvalue weighted by Crippen LogP contribution is 2.38. The van der Waals surface area contributed by atoms with E-state index >= 15 is 0 Å². The molecule has 0 fully saturated rings. The van der Waals surface area contributed by atoms with Crippen molar-refractivity contribution in [1.82, 2.24) is 0 Å². The van der Waals surface area contributed by atoms with E-state index in [1.807, 2.05) is 18.7 Å². The molecule has 0 radical (unpaired) electrons. The van der Waals surface area contributed by atoms with Gasteiger partial charge >= 0.3 is 0 Å². The van der Waals surface area contributed by atoms with E-state index in [2.05, 4.69) is 11.1 Å². The Hall–Kier alpha value is -1.31. The van der Waals surface area contributed by atoms with Crippen molar-refractivity contribution in [2.24, 2.45) is 4.99 Å². The lowest BCUT2D eigenvalue weighted by Gasteiger charge is -2.21. The van der Waals surface area contributed by atoms with Gasteiger partial charge in [0.05, 0.1) is 6.26 Å². The largest absolute Gasteiger partial charge is 0.468 e. The van der Waals surface area contributed by atoms with Crippen LogP contribution in [0.1, 0.15) is 42.1 Å². The molecule has 0 aromatic carbocycles. The molecule has 1 aliphatic heterocycles. The highest BCUT2D eigenvalue weighted by Gasteiger charge is 2.25. The maximum absolute atomic E-state index is 5.59. The van der Waals surface area contributed by atoms with Gasteiger partial charge in [0.25, 0.3) is 0 Å². The van der Waals surface area contributed by atoms with Crippen LogP contribution in [0.4, 0.5) is 0 Å². The first-order chi connectivity index (χ1) is 6.95. The van der Waals surface area contributed by atoms with Gasteiger partial charge in [0, 0.05) is 30.0 Å². The number of hydrogen-bond donors (Lipinski definition) is 0. The van der Waals surface area contributed by atoms with Crippen molar-refractivity contribution in [1.29, 1.82) is 0 Å². The lowest BCUT2D eigenvalue weighted by Crippen LogP contribution is -2.09. The van der Waals surface area contributed by atoms with Gasteiger partial charge in [0.2, 0.25) is 0 Å². The van der Waals surface area contributed by atoms with Crippen LogP contribution >= 0.6 is 0 Å². The quantitative estimate of drug-likeness (QED) is 0.612. The van der Waals surface area contributed by atoms with Gasteiger partial charge in [0.1, 0.15) is 5.76 Å². The third kappa shape index (κ3) is 1.14. The third-order valence-electron chi connectivity index (χ3n) is 3.14. The Morgan fingerprint density at radius 3 is 3.43 bits per heavy atom. The van der Waals surface area contributed by atoms with Crippen LogP contribution in [-0.2, 0) is 6.42 Å². The van der Waals surface area contributed by atoms with E-state index in [4.69, 9.17) is 4.42 Å². The highest BCUT2D eigenvalue weighted by atomic mass is 16.3. The van der Waals surface area contributed by atoms with Crippen LogP contribution in [0.25, 0.3) is 6.08 Å². The minimum Gasteiger partial charge on any atom is -0.468 e. The number of nitrogens with zero attached hydrogens (tertiary/aromatic N) is 1. The van der Waals surface area contributed by atoms with Crippen molar-refractivity contribution < 1.29 is 4.42 Å². The van der Waals surface area contributed by atoms with E-state index in [1.54, 1.807) is 0 Å². The summed E-state index contributed by atoms with van der Waals surface area (Å²) < 4.78 is 5.59. The molecule has 1 atom stereocenters. The van der Waals surface area contributed by atoms with Crippen molar-refractivity contribution in [3.63, 3.8) is 0 Å².